The van der Waals surface area contributed by atoms with Gasteiger partial charge in [0.2, 0.25) is 0 Å². The molecule has 0 saturated heterocycles. The third-order valence-electron chi connectivity index (χ3n) is 5.01. The fourth-order valence-corrected chi connectivity index (χ4v) is 3.60. The Morgan fingerprint density at radius 3 is 2.83 bits per heavy atom. The van der Waals surface area contributed by atoms with Crippen molar-refractivity contribution in [3.8, 4) is 0 Å². The molecule has 1 aliphatic rings. The highest BCUT2D eigenvalue weighted by Gasteiger charge is 2.36. The molecule has 7 nitrogen and oxygen atoms in total. The second kappa shape index (κ2) is 7.94. The number of benzene rings is 2. The fraction of sp³-hybridized carbons (Fsp3) is 0.190. The Bertz CT molecular complexity index is 1120. The Hall–Kier alpha value is -3.75. The minimum Gasteiger partial charge on any atom is -0.465 e. The Kier molecular flexibility index (Phi) is 5.18. The number of hydrogen-bond acceptors (Lipinski definition) is 4. The highest BCUT2D eigenvalue weighted by molar-refractivity contribution is 6.01. The number of aromatic nitrogens is 2. The van der Waals surface area contributed by atoms with Gasteiger partial charge in [0.05, 0.1) is 30.4 Å². The first kappa shape index (κ1) is 19.6. The number of para-hydroxylation sites is 1. The Balaban J connectivity index is 1.72. The topological polar surface area (TPSA) is 87.3 Å². The number of esters is 1. The van der Waals surface area contributed by atoms with E-state index in [1.165, 1.54) is 24.4 Å². The number of aromatic amines is 1. The van der Waals surface area contributed by atoms with Gasteiger partial charge in [0.1, 0.15) is 17.7 Å². The zero-order chi connectivity index (χ0) is 21.3. The number of carbonyl (C=O) groups is 2. The second-order valence-electron chi connectivity index (χ2n) is 6.75. The predicted octanol–water partition coefficient (Wildman–Crippen LogP) is 3.65. The number of methoxy groups -OCH3 is 1. The van der Waals surface area contributed by atoms with E-state index < -0.39 is 29.7 Å². The van der Waals surface area contributed by atoms with E-state index >= 15 is 0 Å². The summed E-state index contributed by atoms with van der Waals surface area (Å²) in [5, 5.41) is 2.68. The molecule has 2 heterocycles. The van der Waals surface area contributed by atoms with Crippen LogP contribution in [0.1, 0.15) is 33.4 Å². The average Bonchev–Trinajstić information content (AvgIpc) is 3.23. The van der Waals surface area contributed by atoms with E-state index in [-0.39, 0.29) is 23.4 Å². The lowest BCUT2D eigenvalue weighted by Gasteiger charge is -2.35. The number of carbonyl (C=O) groups excluding carboxylic acids is 2. The van der Waals surface area contributed by atoms with Crippen LogP contribution in [0.15, 0.2) is 48.8 Å². The second-order valence-corrected chi connectivity index (χ2v) is 6.75. The molecule has 0 bridgehead atoms. The highest BCUT2D eigenvalue weighted by Crippen LogP contribution is 2.35. The first-order valence-electron chi connectivity index (χ1n) is 9.21. The van der Waals surface area contributed by atoms with Crippen LogP contribution >= 0.6 is 0 Å². The number of urea groups is 1. The number of imidazole rings is 1. The van der Waals surface area contributed by atoms with Crippen LogP contribution in [0.2, 0.25) is 0 Å². The maximum absolute atomic E-state index is 14.6. The number of nitrogens with zero attached hydrogens (tertiary/aromatic N) is 2. The summed E-state index contributed by atoms with van der Waals surface area (Å²) in [5.41, 5.74) is 1.63. The SMILES string of the molecule is COC(=O)c1ccccc1NC(=O)N1CCc2[nH]cnc2[C@H]1c1cc(F)ccc1F. The minimum atomic E-state index is -0.930. The lowest BCUT2D eigenvalue weighted by atomic mass is 9.95. The highest BCUT2D eigenvalue weighted by atomic mass is 19.1. The smallest absolute Gasteiger partial charge is 0.339 e. The van der Waals surface area contributed by atoms with Crippen LogP contribution in [-0.4, -0.2) is 40.5 Å². The largest absolute Gasteiger partial charge is 0.465 e. The maximum Gasteiger partial charge on any atom is 0.339 e. The van der Waals surface area contributed by atoms with Crippen molar-refractivity contribution in [2.45, 2.75) is 12.5 Å². The van der Waals surface area contributed by atoms with Gasteiger partial charge in [0.15, 0.2) is 0 Å². The first-order chi connectivity index (χ1) is 14.5. The van der Waals surface area contributed by atoms with E-state index in [1.54, 1.807) is 18.2 Å². The number of rotatable bonds is 3. The van der Waals surface area contributed by atoms with Gasteiger partial charge in [-0.25, -0.2) is 23.4 Å². The average molecular weight is 412 g/mol. The van der Waals surface area contributed by atoms with E-state index in [0.717, 1.165) is 23.9 Å². The van der Waals surface area contributed by atoms with Gasteiger partial charge in [-0.15, -0.1) is 0 Å². The normalized spacial score (nSPS) is 15.4. The Morgan fingerprint density at radius 1 is 1.23 bits per heavy atom. The molecule has 2 aromatic carbocycles. The lowest BCUT2D eigenvalue weighted by Crippen LogP contribution is -2.43. The molecule has 0 spiro atoms. The molecule has 0 aliphatic carbocycles. The van der Waals surface area contributed by atoms with Crippen LogP contribution in [0.5, 0.6) is 0 Å². The van der Waals surface area contributed by atoms with Crippen LogP contribution in [0.25, 0.3) is 0 Å². The predicted molar refractivity (Wildman–Crippen MR) is 104 cm³/mol. The molecule has 0 radical (unpaired) electrons. The van der Waals surface area contributed by atoms with Gasteiger partial charge in [-0.05, 0) is 30.3 Å². The van der Waals surface area contributed by atoms with Crippen molar-refractivity contribution >= 4 is 17.7 Å². The van der Waals surface area contributed by atoms with Crippen LogP contribution in [0, 0.1) is 11.6 Å². The molecule has 0 saturated carbocycles. The van der Waals surface area contributed by atoms with Crippen molar-refractivity contribution in [1.82, 2.24) is 14.9 Å². The van der Waals surface area contributed by atoms with Crippen molar-refractivity contribution in [2.24, 2.45) is 0 Å². The van der Waals surface area contributed by atoms with Crippen LogP contribution < -0.4 is 5.32 Å². The van der Waals surface area contributed by atoms with Crippen molar-refractivity contribution < 1.29 is 23.1 Å². The molecule has 2 amide bonds. The van der Waals surface area contributed by atoms with E-state index in [4.69, 9.17) is 4.74 Å². The Labute approximate surface area is 170 Å². The van der Waals surface area contributed by atoms with Crippen molar-refractivity contribution in [2.75, 3.05) is 19.0 Å². The fourth-order valence-electron chi connectivity index (χ4n) is 3.60. The number of anilines is 1. The Morgan fingerprint density at radius 2 is 2.03 bits per heavy atom. The van der Waals surface area contributed by atoms with E-state index in [0.29, 0.717) is 12.1 Å². The lowest BCUT2D eigenvalue weighted by molar-refractivity contribution is 0.0602. The summed E-state index contributed by atoms with van der Waals surface area (Å²) < 4.78 is 33.3. The van der Waals surface area contributed by atoms with Crippen molar-refractivity contribution in [1.29, 1.82) is 0 Å². The number of amides is 2. The molecular weight excluding hydrogens is 394 g/mol. The molecule has 1 atom stereocenters. The zero-order valence-electron chi connectivity index (χ0n) is 16.0. The molecule has 1 aromatic heterocycles. The van der Waals surface area contributed by atoms with E-state index in [1.807, 2.05) is 0 Å². The molecule has 154 valence electrons. The summed E-state index contributed by atoms with van der Waals surface area (Å²) in [6, 6.07) is 7.98. The summed E-state index contributed by atoms with van der Waals surface area (Å²) in [5.74, 6) is -1.87. The maximum atomic E-state index is 14.6. The van der Waals surface area contributed by atoms with E-state index in [9.17, 15) is 18.4 Å². The van der Waals surface area contributed by atoms with Gasteiger partial charge >= 0.3 is 12.0 Å². The number of halogens is 2. The number of fused-ring (bicyclic) bond motifs is 1. The number of hydrogen-bond donors (Lipinski definition) is 2. The van der Waals surface area contributed by atoms with Crippen LogP contribution in [0.4, 0.5) is 19.3 Å². The molecule has 0 unspecified atom stereocenters. The molecule has 4 rings (SSSR count). The monoisotopic (exact) mass is 412 g/mol. The first-order valence-corrected chi connectivity index (χ1v) is 9.21. The van der Waals surface area contributed by atoms with Crippen LogP contribution in [-0.2, 0) is 11.2 Å². The van der Waals surface area contributed by atoms with Gasteiger partial charge in [0.25, 0.3) is 0 Å². The summed E-state index contributed by atoms with van der Waals surface area (Å²) in [6.45, 7) is 0.238. The quantitative estimate of drug-likeness (QED) is 0.643. The van der Waals surface area contributed by atoms with Gasteiger partial charge in [-0.1, -0.05) is 12.1 Å². The molecule has 0 fully saturated rings. The number of nitrogens with one attached hydrogen (secondary N) is 2. The third-order valence-corrected chi connectivity index (χ3v) is 5.01. The van der Waals surface area contributed by atoms with Crippen molar-refractivity contribution in [3.63, 3.8) is 0 Å². The van der Waals surface area contributed by atoms with E-state index in [2.05, 4.69) is 15.3 Å². The summed E-state index contributed by atoms with van der Waals surface area (Å²) in [7, 11) is 1.24. The van der Waals surface area contributed by atoms with Crippen molar-refractivity contribution in [3.05, 3.63) is 82.9 Å². The van der Waals surface area contributed by atoms with Gasteiger partial charge < -0.3 is 19.9 Å². The molecule has 3 aromatic rings. The summed E-state index contributed by atoms with van der Waals surface area (Å²) in [6.07, 6.45) is 1.93. The van der Waals surface area contributed by atoms with Gasteiger partial charge in [-0.3, -0.25) is 0 Å². The molecule has 9 heteroatoms. The van der Waals surface area contributed by atoms with Crippen LogP contribution in [0.3, 0.4) is 0 Å². The number of H-pyrrole nitrogens is 1. The van der Waals surface area contributed by atoms with Gasteiger partial charge in [0, 0.05) is 24.2 Å². The minimum absolute atomic E-state index is 0.000506. The standard InChI is InChI=1S/C21H18F2N4O3/c1-30-20(28)13-4-2-3-5-16(13)26-21(29)27-9-8-17-18(25-11-24-17)19(27)14-10-12(22)6-7-15(14)23/h2-7,10-11,19H,8-9H2,1H3,(H,24,25)(H,26,29)/t19-/m1/s1. The third kappa shape index (κ3) is 3.49. The zero-order valence-corrected chi connectivity index (χ0v) is 16.0. The summed E-state index contributed by atoms with van der Waals surface area (Å²) >= 11 is 0. The molecular formula is C21H18F2N4O3. The summed E-state index contributed by atoms with van der Waals surface area (Å²) in [4.78, 5) is 33.7. The molecule has 2 N–H and O–H groups in total. The molecule has 1 aliphatic heterocycles. The van der Waals surface area contributed by atoms with Gasteiger partial charge in [-0.2, -0.15) is 0 Å². The molecule has 30 heavy (non-hydrogen) atoms. The number of ether oxygens (including phenoxy) is 1.